The highest BCUT2D eigenvalue weighted by molar-refractivity contribution is 7.21. The molecule has 0 radical (unpaired) electrons. The first kappa shape index (κ1) is 22.6. The molecular weight excluding hydrogens is 445 g/mol. The van der Waals surface area contributed by atoms with Crippen LogP contribution in [0.3, 0.4) is 0 Å². The van der Waals surface area contributed by atoms with Crippen molar-refractivity contribution in [1.82, 2.24) is 9.97 Å². The topological polar surface area (TPSA) is 116 Å². The van der Waals surface area contributed by atoms with E-state index in [0.29, 0.717) is 45.1 Å². The van der Waals surface area contributed by atoms with Crippen molar-refractivity contribution in [3.05, 3.63) is 33.1 Å². The van der Waals surface area contributed by atoms with Gasteiger partial charge in [-0.25, -0.2) is 9.97 Å². The lowest BCUT2D eigenvalue weighted by Crippen LogP contribution is -2.28. The third-order valence-corrected chi connectivity index (χ3v) is 6.41. The zero-order valence-corrected chi connectivity index (χ0v) is 19.0. The number of halogens is 2. The molecule has 1 aliphatic heterocycles. The zero-order valence-electron chi connectivity index (χ0n) is 16.7. The lowest BCUT2D eigenvalue weighted by atomic mass is 10.1. The Kier molecular flexibility index (Phi) is 7.36. The Balaban J connectivity index is 0.00000124. The number of carbonyl (C=O) groups is 1. The summed E-state index contributed by atoms with van der Waals surface area (Å²) in [5.74, 6) is -0.141. The number of rotatable bonds is 4. The van der Waals surface area contributed by atoms with Crippen LogP contribution in [-0.4, -0.2) is 35.1 Å². The van der Waals surface area contributed by atoms with Crippen LogP contribution in [0.1, 0.15) is 36.4 Å². The van der Waals surface area contributed by atoms with Gasteiger partial charge in [0.2, 0.25) is 5.95 Å². The van der Waals surface area contributed by atoms with Gasteiger partial charge >= 0.3 is 0 Å². The van der Waals surface area contributed by atoms with Gasteiger partial charge < -0.3 is 21.5 Å². The summed E-state index contributed by atoms with van der Waals surface area (Å²) in [6.45, 7) is 5.38. The van der Waals surface area contributed by atoms with Gasteiger partial charge in [-0.2, -0.15) is 0 Å². The highest BCUT2D eigenvalue weighted by Gasteiger charge is 2.22. The molecule has 160 valence electrons. The van der Waals surface area contributed by atoms with Crippen LogP contribution in [0.2, 0.25) is 10.0 Å². The highest BCUT2D eigenvalue weighted by Crippen LogP contribution is 2.40. The van der Waals surface area contributed by atoms with Crippen molar-refractivity contribution in [2.45, 2.75) is 32.7 Å². The minimum Gasteiger partial charge on any atom is -0.397 e. The van der Waals surface area contributed by atoms with E-state index in [0.717, 1.165) is 29.7 Å². The molecule has 1 aromatic carbocycles. The number of primary amides is 1. The smallest absolute Gasteiger partial charge is 0.260 e. The number of aromatic nitrogens is 2. The van der Waals surface area contributed by atoms with E-state index in [1.54, 1.807) is 18.2 Å². The van der Waals surface area contributed by atoms with Crippen LogP contribution in [0.25, 0.3) is 21.5 Å². The minimum atomic E-state index is -0.598. The summed E-state index contributed by atoms with van der Waals surface area (Å²) in [6.07, 6.45) is 1.73. The van der Waals surface area contributed by atoms with Gasteiger partial charge in [-0.3, -0.25) is 4.79 Å². The number of anilines is 2. The summed E-state index contributed by atoms with van der Waals surface area (Å²) in [7, 11) is 0. The molecule has 7 nitrogen and oxygen atoms in total. The van der Waals surface area contributed by atoms with Crippen LogP contribution in [0.4, 0.5) is 11.6 Å². The lowest BCUT2D eigenvalue weighted by molar-refractivity contribution is 0.0903. The summed E-state index contributed by atoms with van der Waals surface area (Å²) in [6, 6.07) is 5.41. The zero-order chi connectivity index (χ0) is 21.8. The Morgan fingerprint density at radius 3 is 2.53 bits per heavy atom. The van der Waals surface area contributed by atoms with Crippen LogP contribution in [0.5, 0.6) is 0 Å². The van der Waals surface area contributed by atoms with Gasteiger partial charge in [-0.05, 0) is 25.0 Å². The number of nitrogen functional groups attached to an aromatic ring is 1. The Labute approximate surface area is 188 Å². The second kappa shape index (κ2) is 9.78. The molecule has 1 saturated heterocycles. The maximum atomic E-state index is 11.8. The standard InChI is InChI=1S/C18H17Cl2N5O2S.C2H6/c19-10-2-1-8(7-11(10)20)14-12-13(21)15(16(22)26)28-17(12)25-18(24-14)23-9-3-5-27-6-4-9;1-2/h1-2,7,9H,3-6,21H2,(H2,22,26)(H,23,24,25);1-2H3. The van der Waals surface area contributed by atoms with Crippen LogP contribution in [0, 0.1) is 0 Å². The Morgan fingerprint density at radius 1 is 1.20 bits per heavy atom. The number of nitrogens with zero attached hydrogens (tertiary/aromatic N) is 2. The number of hydrogen-bond acceptors (Lipinski definition) is 7. The molecule has 0 saturated carbocycles. The second-order valence-electron chi connectivity index (χ2n) is 6.44. The fraction of sp³-hybridized carbons (Fsp3) is 0.350. The minimum absolute atomic E-state index is 0.209. The largest absolute Gasteiger partial charge is 0.397 e. The molecule has 0 aliphatic carbocycles. The van der Waals surface area contributed by atoms with Crippen molar-refractivity contribution in [2.24, 2.45) is 5.73 Å². The SMILES string of the molecule is CC.NC(=O)c1sc2nc(NC3CCOCC3)nc(-c3ccc(Cl)c(Cl)c3)c2c1N. The average molecular weight is 468 g/mol. The van der Waals surface area contributed by atoms with Crippen LogP contribution < -0.4 is 16.8 Å². The summed E-state index contributed by atoms with van der Waals surface area (Å²) in [4.78, 5) is 21.9. The number of amides is 1. The lowest BCUT2D eigenvalue weighted by Gasteiger charge is -2.23. The Morgan fingerprint density at radius 2 is 1.90 bits per heavy atom. The predicted octanol–water partition coefficient (Wildman–Crippen LogP) is 4.96. The van der Waals surface area contributed by atoms with Gasteiger partial charge in [0, 0.05) is 24.8 Å². The van der Waals surface area contributed by atoms with Gasteiger partial charge in [-0.15, -0.1) is 11.3 Å². The molecule has 2 aromatic heterocycles. The first-order valence-electron chi connectivity index (χ1n) is 9.63. The van der Waals surface area contributed by atoms with Crippen molar-refractivity contribution in [1.29, 1.82) is 0 Å². The first-order chi connectivity index (χ1) is 14.4. The Hall–Kier alpha value is -2.13. The predicted molar refractivity (Wildman–Crippen MR) is 125 cm³/mol. The highest BCUT2D eigenvalue weighted by atomic mass is 35.5. The number of carbonyl (C=O) groups excluding carboxylic acids is 1. The van der Waals surface area contributed by atoms with E-state index >= 15 is 0 Å². The molecule has 3 heterocycles. The number of ether oxygens (including phenoxy) is 1. The van der Waals surface area contributed by atoms with E-state index in [4.69, 9.17) is 39.4 Å². The van der Waals surface area contributed by atoms with E-state index in [2.05, 4.69) is 15.3 Å². The summed E-state index contributed by atoms with van der Waals surface area (Å²) in [5.41, 5.74) is 13.2. The van der Waals surface area contributed by atoms with Crippen molar-refractivity contribution < 1.29 is 9.53 Å². The third-order valence-electron chi connectivity index (χ3n) is 4.56. The number of benzene rings is 1. The Bertz CT molecular complexity index is 1070. The van der Waals surface area contributed by atoms with Gasteiger partial charge in [0.05, 0.1) is 26.8 Å². The van der Waals surface area contributed by atoms with Gasteiger partial charge in [0.25, 0.3) is 5.91 Å². The number of fused-ring (bicyclic) bond motifs is 1. The fourth-order valence-corrected chi connectivity index (χ4v) is 4.39. The average Bonchev–Trinajstić information content (AvgIpc) is 3.08. The summed E-state index contributed by atoms with van der Waals surface area (Å²) in [5, 5.41) is 4.77. The summed E-state index contributed by atoms with van der Waals surface area (Å²) >= 11 is 13.4. The number of hydrogen-bond donors (Lipinski definition) is 3. The van der Waals surface area contributed by atoms with Gasteiger partial charge in [0.15, 0.2) is 0 Å². The van der Waals surface area contributed by atoms with E-state index < -0.39 is 5.91 Å². The molecular formula is C20H23Cl2N5O2S. The molecule has 1 aliphatic rings. The monoisotopic (exact) mass is 467 g/mol. The number of thiophene rings is 1. The van der Waals surface area contributed by atoms with Crippen molar-refractivity contribution in [3.8, 4) is 11.3 Å². The second-order valence-corrected chi connectivity index (χ2v) is 8.26. The molecule has 1 fully saturated rings. The molecule has 4 rings (SSSR count). The molecule has 0 unspecified atom stereocenters. The van der Waals surface area contributed by atoms with Gasteiger partial charge in [0.1, 0.15) is 9.71 Å². The summed E-state index contributed by atoms with van der Waals surface area (Å²) < 4.78 is 5.40. The molecule has 1 amide bonds. The van der Waals surface area contributed by atoms with Crippen molar-refractivity contribution in [3.63, 3.8) is 0 Å². The molecule has 0 spiro atoms. The number of nitrogens with two attached hydrogens (primary N) is 2. The molecule has 0 atom stereocenters. The number of nitrogens with one attached hydrogen (secondary N) is 1. The van der Waals surface area contributed by atoms with Crippen LogP contribution in [-0.2, 0) is 4.74 Å². The molecule has 0 bridgehead atoms. The third kappa shape index (κ3) is 4.62. The van der Waals surface area contributed by atoms with Crippen molar-refractivity contribution >= 4 is 62.3 Å². The van der Waals surface area contributed by atoms with Crippen LogP contribution in [0.15, 0.2) is 18.2 Å². The van der Waals surface area contributed by atoms with E-state index in [1.165, 1.54) is 0 Å². The fourth-order valence-electron chi connectivity index (χ4n) is 3.15. The maximum Gasteiger partial charge on any atom is 0.260 e. The van der Waals surface area contributed by atoms with Crippen LogP contribution >= 0.6 is 34.5 Å². The van der Waals surface area contributed by atoms with E-state index in [9.17, 15) is 4.79 Å². The maximum absolute atomic E-state index is 11.8. The normalized spacial score (nSPS) is 14.3. The molecule has 10 heteroatoms. The molecule has 30 heavy (non-hydrogen) atoms. The van der Waals surface area contributed by atoms with Gasteiger partial charge in [-0.1, -0.05) is 43.1 Å². The van der Waals surface area contributed by atoms with Crippen molar-refractivity contribution in [2.75, 3.05) is 24.3 Å². The molecule has 3 aromatic rings. The van der Waals surface area contributed by atoms with E-state index in [1.807, 2.05) is 13.8 Å². The first-order valence-corrected chi connectivity index (χ1v) is 11.2. The quantitative estimate of drug-likeness (QED) is 0.498. The molecule has 5 N–H and O–H groups in total. The van der Waals surface area contributed by atoms with E-state index in [-0.39, 0.29) is 16.6 Å².